The van der Waals surface area contributed by atoms with Crippen molar-refractivity contribution in [3.63, 3.8) is 0 Å². The summed E-state index contributed by atoms with van der Waals surface area (Å²) in [6.07, 6.45) is 5.86. The molecule has 0 radical (unpaired) electrons. The standard InChI is InChI=1S/C27H31F2N5O/c1-15-23(16(2)35-34-15)18-7-8-20-17(12-18)6-9-21(20)24-22(27(5,28)29)14-30-25(33-24)32-19-10-11-26(3,4)31-13-19/h7-9,12,14,19,31H,6,10-11,13H2,1-5H3,(H,30,32,33)/t19-/m0/s1. The van der Waals surface area contributed by atoms with E-state index in [9.17, 15) is 8.78 Å². The van der Waals surface area contributed by atoms with Crippen molar-refractivity contribution in [2.75, 3.05) is 11.9 Å². The minimum atomic E-state index is -3.06. The van der Waals surface area contributed by atoms with E-state index in [1.54, 1.807) is 0 Å². The summed E-state index contributed by atoms with van der Waals surface area (Å²) < 4.78 is 34.5. The first-order valence-corrected chi connectivity index (χ1v) is 12.1. The average molecular weight is 480 g/mol. The second kappa shape index (κ2) is 8.52. The highest BCUT2D eigenvalue weighted by atomic mass is 19.3. The predicted molar refractivity (Wildman–Crippen MR) is 133 cm³/mol. The lowest BCUT2D eigenvalue weighted by atomic mass is 9.91. The van der Waals surface area contributed by atoms with E-state index >= 15 is 0 Å². The van der Waals surface area contributed by atoms with E-state index in [2.05, 4.69) is 45.7 Å². The fraction of sp³-hybridized carbons (Fsp3) is 0.444. The Morgan fingerprint density at radius 2 is 2.03 bits per heavy atom. The maximum Gasteiger partial charge on any atom is 0.274 e. The summed E-state index contributed by atoms with van der Waals surface area (Å²) >= 11 is 0. The van der Waals surface area contributed by atoms with Crippen molar-refractivity contribution in [2.45, 2.75) is 71.4 Å². The predicted octanol–water partition coefficient (Wildman–Crippen LogP) is 5.79. The van der Waals surface area contributed by atoms with Crippen molar-refractivity contribution in [1.82, 2.24) is 20.4 Å². The zero-order valence-corrected chi connectivity index (χ0v) is 20.8. The van der Waals surface area contributed by atoms with E-state index in [4.69, 9.17) is 4.52 Å². The van der Waals surface area contributed by atoms with Gasteiger partial charge in [0, 0.05) is 42.4 Å². The van der Waals surface area contributed by atoms with Crippen LogP contribution in [0.5, 0.6) is 0 Å². The molecule has 2 N–H and O–H groups in total. The van der Waals surface area contributed by atoms with Gasteiger partial charge >= 0.3 is 0 Å². The first-order valence-electron chi connectivity index (χ1n) is 12.1. The Hall–Kier alpha value is -3.13. The molecule has 184 valence electrons. The van der Waals surface area contributed by atoms with Gasteiger partial charge in [-0.3, -0.25) is 0 Å². The number of piperidine rings is 1. The molecule has 1 aliphatic heterocycles. The Labute approximate surface area is 204 Å². The molecule has 8 heteroatoms. The number of aromatic nitrogens is 3. The summed E-state index contributed by atoms with van der Waals surface area (Å²) in [5.74, 6) is -1.93. The first kappa shape index (κ1) is 23.6. The van der Waals surface area contributed by atoms with Crippen molar-refractivity contribution in [3.05, 3.63) is 64.3 Å². The van der Waals surface area contributed by atoms with Gasteiger partial charge < -0.3 is 15.2 Å². The Morgan fingerprint density at radius 3 is 2.69 bits per heavy atom. The number of halogens is 2. The van der Waals surface area contributed by atoms with Gasteiger partial charge in [0.1, 0.15) is 5.76 Å². The molecule has 0 spiro atoms. The van der Waals surface area contributed by atoms with Crippen LogP contribution in [0.2, 0.25) is 0 Å². The van der Waals surface area contributed by atoms with Crippen molar-refractivity contribution in [1.29, 1.82) is 0 Å². The molecule has 1 fully saturated rings. The molecule has 1 atom stereocenters. The highest BCUT2D eigenvalue weighted by Crippen LogP contribution is 2.40. The van der Waals surface area contributed by atoms with Gasteiger partial charge in [-0.25, -0.2) is 18.7 Å². The number of allylic oxidation sites excluding steroid dienone is 1. The third kappa shape index (κ3) is 4.59. The molecule has 0 saturated carbocycles. The molecule has 1 aliphatic carbocycles. The Bertz CT molecular complexity index is 1280. The molecule has 2 aromatic heterocycles. The molecule has 35 heavy (non-hydrogen) atoms. The Morgan fingerprint density at radius 1 is 1.23 bits per heavy atom. The van der Waals surface area contributed by atoms with Crippen LogP contribution in [0.15, 0.2) is 35.0 Å². The summed E-state index contributed by atoms with van der Waals surface area (Å²) in [5, 5.41) is 10.9. The van der Waals surface area contributed by atoms with Gasteiger partial charge in [0.05, 0.1) is 17.0 Å². The number of anilines is 1. The SMILES string of the molecule is Cc1noc(C)c1-c1ccc2c(c1)CC=C2c1nc(N[C@H]2CCC(C)(C)NC2)ncc1C(C)(F)F. The molecule has 2 aliphatic rings. The maximum atomic E-state index is 14.6. The fourth-order valence-electron chi connectivity index (χ4n) is 5.03. The van der Waals surface area contributed by atoms with Gasteiger partial charge in [0.25, 0.3) is 5.92 Å². The van der Waals surface area contributed by atoms with Gasteiger partial charge in [0.2, 0.25) is 5.95 Å². The number of hydrogen-bond acceptors (Lipinski definition) is 6. The van der Waals surface area contributed by atoms with Crippen LogP contribution in [0.3, 0.4) is 0 Å². The normalized spacial score (nSPS) is 19.4. The lowest BCUT2D eigenvalue weighted by molar-refractivity contribution is 0.0165. The van der Waals surface area contributed by atoms with E-state index in [1.807, 2.05) is 32.1 Å². The quantitative estimate of drug-likeness (QED) is 0.482. The van der Waals surface area contributed by atoms with Gasteiger partial charge in [-0.15, -0.1) is 0 Å². The molecule has 3 aromatic rings. The van der Waals surface area contributed by atoms with Crippen LogP contribution >= 0.6 is 0 Å². The number of nitrogens with zero attached hydrogens (tertiary/aromatic N) is 3. The van der Waals surface area contributed by atoms with E-state index in [1.165, 1.54) is 6.20 Å². The molecule has 0 amide bonds. The van der Waals surface area contributed by atoms with Crippen molar-refractivity contribution in [2.24, 2.45) is 0 Å². The zero-order valence-electron chi connectivity index (χ0n) is 20.8. The average Bonchev–Trinajstić information content (AvgIpc) is 3.36. The minimum Gasteiger partial charge on any atom is -0.361 e. The van der Waals surface area contributed by atoms with E-state index in [-0.39, 0.29) is 22.8 Å². The molecule has 0 bridgehead atoms. The molecular formula is C27H31F2N5O. The molecule has 3 heterocycles. The number of benzene rings is 1. The van der Waals surface area contributed by atoms with E-state index in [0.717, 1.165) is 65.6 Å². The smallest absolute Gasteiger partial charge is 0.274 e. The van der Waals surface area contributed by atoms with Crippen LogP contribution in [0.4, 0.5) is 14.7 Å². The minimum absolute atomic E-state index is 0.0964. The highest BCUT2D eigenvalue weighted by molar-refractivity contribution is 5.86. The summed E-state index contributed by atoms with van der Waals surface area (Å²) in [5.41, 5.74) is 5.71. The van der Waals surface area contributed by atoms with Crippen LogP contribution in [0.25, 0.3) is 16.7 Å². The largest absolute Gasteiger partial charge is 0.361 e. The second-order valence-electron chi connectivity index (χ2n) is 10.4. The van der Waals surface area contributed by atoms with Crippen molar-refractivity contribution in [3.8, 4) is 11.1 Å². The van der Waals surface area contributed by atoms with Gasteiger partial charge in [-0.05, 0) is 63.6 Å². The third-order valence-electron chi connectivity index (χ3n) is 7.04. The number of nitrogens with one attached hydrogen (secondary N) is 2. The maximum absolute atomic E-state index is 14.6. The zero-order chi connectivity index (χ0) is 25.0. The van der Waals surface area contributed by atoms with Gasteiger partial charge in [-0.2, -0.15) is 0 Å². The number of hydrogen-bond donors (Lipinski definition) is 2. The van der Waals surface area contributed by atoms with Gasteiger partial charge in [-0.1, -0.05) is 29.4 Å². The molecular weight excluding hydrogens is 448 g/mol. The number of aryl methyl sites for hydroxylation is 2. The summed E-state index contributed by atoms with van der Waals surface area (Å²) in [7, 11) is 0. The summed E-state index contributed by atoms with van der Waals surface area (Å²) in [4.78, 5) is 8.88. The third-order valence-corrected chi connectivity index (χ3v) is 7.04. The lowest BCUT2D eigenvalue weighted by Gasteiger charge is -2.36. The molecule has 1 aromatic carbocycles. The van der Waals surface area contributed by atoms with Crippen LogP contribution < -0.4 is 10.6 Å². The fourth-order valence-corrected chi connectivity index (χ4v) is 5.03. The first-order chi connectivity index (χ1) is 16.5. The Kier molecular flexibility index (Phi) is 5.74. The second-order valence-corrected chi connectivity index (χ2v) is 10.4. The molecule has 0 unspecified atom stereocenters. The molecule has 5 rings (SSSR count). The van der Waals surface area contributed by atoms with Crippen LogP contribution in [-0.2, 0) is 12.3 Å². The number of alkyl halides is 2. The summed E-state index contributed by atoms with van der Waals surface area (Å²) in [6, 6.07) is 6.20. The van der Waals surface area contributed by atoms with Crippen LogP contribution in [-0.4, -0.2) is 33.3 Å². The van der Waals surface area contributed by atoms with E-state index < -0.39 is 5.92 Å². The highest BCUT2D eigenvalue weighted by Gasteiger charge is 2.33. The van der Waals surface area contributed by atoms with Crippen LogP contribution in [0, 0.1) is 13.8 Å². The van der Waals surface area contributed by atoms with E-state index in [0.29, 0.717) is 12.4 Å². The van der Waals surface area contributed by atoms with Gasteiger partial charge in [0.15, 0.2) is 0 Å². The molecule has 6 nitrogen and oxygen atoms in total. The van der Waals surface area contributed by atoms with Crippen molar-refractivity contribution < 1.29 is 13.3 Å². The number of fused-ring (bicyclic) bond motifs is 1. The van der Waals surface area contributed by atoms with Crippen LogP contribution in [0.1, 0.15) is 67.5 Å². The monoisotopic (exact) mass is 479 g/mol. The topological polar surface area (TPSA) is 75.9 Å². The number of rotatable bonds is 5. The van der Waals surface area contributed by atoms with Crippen molar-refractivity contribution >= 4 is 11.5 Å². The lowest BCUT2D eigenvalue weighted by Crippen LogP contribution is -2.50. The summed E-state index contributed by atoms with van der Waals surface area (Å²) in [6.45, 7) is 9.82. The Balaban J connectivity index is 1.48. The molecule has 1 saturated heterocycles.